The summed E-state index contributed by atoms with van der Waals surface area (Å²) < 4.78 is 18.8. The van der Waals surface area contributed by atoms with Crippen molar-refractivity contribution in [2.24, 2.45) is 34.5 Å². The van der Waals surface area contributed by atoms with Crippen LogP contribution in [0.3, 0.4) is 0 Å². The number of aryl methyl sites for hydroxylation is 2. The zero-order valence-corrected chi connectivity index (χ0v) is 28.5. The highest BCUT2D eigenvalue weighted by Gasteiger charge is 2.64. The molecular weight excluding hydrogens is 643 g/mol. The number of alkyl halides is 1. The van der Waals surface area contributed by atoms with Crippen LogP contribution in [0.2, 0.25) is 0 Å². The van der Waals surface area contributed by atoms with E-state index < -0.39 is 0 Å². The van der Waals surface area contributed by atoms with E-state index in [0.717, 1.165) is 41.1 Å². The van der Waals surface area contributed by atoms with Crippen molar-refractivity contribution in [2.75, 3.05) is 7.11 Å². The van der Waals surface area contributed by atoms with Crippen molar-refractivity contribution in [1.82, 2.24) is 0 Å². The molecule has 0 aliphatic heterocycles. The fraction of sp³-hybridized carbons (Fsp3) is 0.641. The molecule has 6 aliphatic rings. The van der Waals surface area contributed by atoms with Gasteiger partial charge in [-0.05, 0) is 187 Å². The number of fused-ring (bicyclic) bond motifs is 10. The van der Waals surface area contributed by atoms with E-state index in [2.05, 4.69) is 79.4 Å². The van der Waals surface area contributed by atoms with Crippen molar-refractivity contribution >= 4 is 22.6 Å². The summed E-state index contributed by atoms with van der Waals surface area (Å²) in [6, 6.07) is 13.7. The molecule has 0 bridgehead atoms. The minimum Gasteiger partial charge on any atom is -0.497 e. The van der Waals surface area contributed by atoms with Crippen LogP contribution in [0.25, 0.3) is 0 Å². The smallest absolute Gasteiger partial charge is 0.126 e. The SMILES string of the molecule is C=COc1ccc2c(c1)CCC1C2CC[C@@]2(C)C1CC[C@]2(I)O[C@H]1CC[C@H]2[C@@H]3CCc4cc(OC)ccc4[C@H]3CC[C@]12C. The standard InChI is InChI=1S/C39H49IO3/c1-5-42-27-9-13-29-25(23-27)7-11-33-31(29)17-20-38(3)35(33)18-21-39(38,40)43-36-15-14-34-32-10-6-24-22-26(41-4)8-12-28(24)30(32)16-19-37(34,36)2/h5,8-9,12-13,22-23,30-36H,1,6-7,10-11,14-21H2,2-4H3/t30-,31?,32-,33?,34+,35?,36+,37+,38+,39+/m1/s1. The fourth-order valence-corrected chi connectivity index (χ4v) is 13.2. The van der Waals surface area contributed by atoms with Crippen molar-refractivity contribution in [3.8, 4) is 11.5 Å². The van der Waals surface area contributed by atoms with Crippen molar-refractivity contribution in [1.29, 1.82) is 0 Å². The van der Waals surface area contributed by atoms with Gasteiger partial charge in [0.15, 0.2) is 0 Å². The maximum Gasteiger partial charge on any atom is 0.126 e. The van der Waals surface area contributed by atoms with Crippen LogP contribution in [0.1, 0.15) is 112 Å². The molecule has 10 atom stereocenters. The van der Waals surface area contributed by atoms with Gasteiger partial charge >= 0.3 is 0 Å². The third kappa shape index (κ3) is 4.27. The second-order valence-electron chi connectivity index (χ2n) is 15.5. The predicted octanol–water partition coefficient (Wildman–Crippen LogP) is 10.1. The monoisotopic (exact) mass is 692 g/mol. The van der Waals surface area contributed by atoms with Gasteiger partial charge in [0.25, 0.3) is 0 Å². The Morgan fingerprint density at radius 3 is 2.12 bits per heavy atom. The summed E-state index contributed by atoms with van der Waals surface area (Å²) in [6.45, 7) is 9.00. The molecule has 0 radical (unpaired) electrons. The van der Waals surface area contributed by atoms with Gasteiger partial charge in [-0.3, -0.25) is 0 Å². The van der Waals surface area contributed by atoms with Gasteiger partial charge in [0, 0.05) is 5.41 Å². The minimum atomic E-state index is -0.0442. The van der Waals surface area contributed by atoms with Crippen LogP contribution in [-0.2, 0) is 17.6 Å². The van der Waals surface area contributed by atoms with E-state index in [1.165, 1.54) is 88.2 Å². The summed E-state index contributed by atoms with van der Waals surface area (Å²) in [5.41, 5.74) is 6.82. The van der Waals surface area contributed by atoms with Crippen LogP contribution in [0.5, 0.6) is 11.5 Å². The molecule has 4 saturated carbocycles. The molecule has 2 aromatic rings. The Morgan fingerprint density at radius 2 is 1.42 bits per heavy atom. The van der Waals surface area contributed by atoms with Gasteiger partial charge < -0.3 is 14.2 Å². The van der Waals surface area contributed by atoms with Crippen LogP contribution in [0, 0.1) is 34.5 Å². The largest absolute Gasteiger partial charge is 0.497 e. The molecule has 0 heterocycles. The third-order valence-corrected chi connectivity index (χ3v) is 16.1. The van der Waals surface area contributed by atoms with Gasteiger partial charge in [-0.15, -0.1) is 0 Å². The Morgan fingerprint density at radius 1 is 0.767 bits per heavy atom. The molecule has 6 aliphatic carbocycles. The molecule has 4 fully saturated rings. The summed E-state index contributed by atoms with van der Waals surface area (Å²) >= 11 is 2.84. The summed E-state index contributed by atoms with van der Waals surface area (Å²) in [4.78, 5) is 0. The van der Waals surface area contributed by atoms with Crippen LogP contribution < -0.4 is 9.47 Å². The third-order valence-electron chi connectivity index (χ3n) is 14.1. The lowest BCUT2D eigenvalue weighted by Gasteiger charge is -2.55. The molecule has 230 valence electrons. The highest BCUT2D eigenvalue weighted by atomic mass is 127. The number of ether oxygens (including phenoxy) is 3. The Bertz CT molecular complexity index is 1420. The van der Waals surface area contributed by atoms with E-state index in [4.69, 9.17) is 14.2 Å². The lowest BCUT2D eigenvalue weighted by atomic mass is 9.55. The number of benzene rings is 2. The molecule has 8 rings (SSSR count). The number of halogens is 1. The number of hydrogen-bond donors (Lipinski definition) is 0. The Balaban J connectivity index is 1.01. The molecule has 0 aromatic heterocycles. The van der Waals surface area contributed by atoms with Gasteiger partial charge in [-0.1, -0.05) is 32.6 Å². The Labute approximate surface area is 272 Å². The van der Waals surface area contributed by atoms with Crippen LogP contribution in [-0.4, -0.2) is 16.8 Å². The molecule has 4 heteroatoms. The normalized spacial score (nSPS) is 42.5. The summed E-state index contributed by atoms with van der Waals surface area (Å²) in [7, 11) is 1.79. The van der Waals surface area contributed by atoms with Crippen molar-refractivity contribution in [3.05, 3.63) is 71.5 Å². The number of rotatable bonds is 5. The molecule has 3 unspecified atom stereocenters. The average Bonchev–Trinajstić information content (AvgIpc) is 3.49. The first-order valence-electron chi connectivity index (χ1n) is 17.2. The molecule has 2 aromatic carbocycles. The van der Waals surface area contributed by atoms with E-state index in [0.29, 0.717) is 17.4 Å². The molecule has 0 amide bonds. The minimum absolute atomic E-state index is 0.0442. The lowest BCUT2D eigenvalue weighted by molar-refractivity contribution is -0.149. The quantitative estimate of drug-likeness (QED) is 0.177. The molecule has 0 N–H and O–H groups in total. The first kappa shape index (κ1) is 28.9. The van der Waals surface area contributed by atoms with Gasteiger partial charge in [0.2, 0.25) is 0 Å². The highest BCUT2D eigenvalue weighted by molar-refractivity contribution is 14.1. The zero-order valence-electron chi connectivity index (χ0n) is 26.4. The summed E-state index contributed by atoms with van der Waals surface area (Å²) in [5.74, 6) is 6.49. The first-order chi connectivity index (χ1) is 20.8. The average molecular weight is 693 g/mol. The summed E-state index contributed by atoms with van der Waals surface area (Å²) in [5, 5.41) is 0. The van der Waals surface area contributed by atoms with Crippen molar-refractivity contribution in [2.45, 2.75) is 112 Å². The van der Waals surface area contributed by atoms with Crippen LogP contribution in [0.15, 0.2) is 49.2 Å². The topological polar surface area (TPSA) is 27.7 Å². The number of methoxy groups -OCH3 is 1. The van der Waals surface area contributed by atoms with Crippen LogP contribution >= 0.6 is 22.6 Å². The van der Waals surface area contributed by atoms with Crippen molar-refractivity contribution in [3.63, 3.8) is 0 Å². The molecule has 0 spiro atoms. The van der Waals surface area contributed by atoms with Gasteiger partial charge in [-0.2, -0.15) is 0 Å². The molecule has 3 nitrogen and oxygen atoms in total. The Kier molecular flexibility index (Phi) is 7.06. The van der Waals surface area contributed by atoms with E-state index >= 15 is 0 Å². The summed E-state index contributed by atoms with van der Waals surface area (Å²) in [6.07, 6.45) is 17.3. The predicted molar refractivity (Wildman–Crippen MR) is 181 cm³/mol. The zero-order chi connectivity index (χ0) is 29.6. The van der Waals surface area contributed by atoms with E-state index in [1.807, 2.05) is 0 Å². The maximum atomic E-state index is 7.62. The molecular formula is C39H49IO3. The molecule has 43 heavy (non-hydrogen) atoms. The van der Waals surface area contributed by atoms with Gasteiger partial charge in [0.05, 0.1) is 19.5 Å². The Hall–Kier alpha value is -1.53. The second-order valence-corrected chi connectivity index (χ2v) is 17.2. The molecule has 0 saturated heterocycles. The van der Waals surface area contributed by atoms with E-state index in [9.17, 15) is 0 Å². The first-order valence-corrected chi connectivity index (χ1v) is 18.3. The second kappa shape index (κ2) is 10.5. The van der Waals surface area contributed by atoms with E-state index in [-0.39, 0.29) is 9.02 Å². The van der Waals surface area contributed by atoms with E-state index in [1.54, 1.807) is 24.5 Å². The lowest BCUT2D eigenvalue weighted by Crippen LogP contribution is -2.52. The van der Waals surface area contributed by atoms with Gasteiger partial charge in [0.1, 0.15) is 15.1 Å². The maximum absolute atomic E-state index is 7.62. The fourth-order valence-electron chi connectivity index (χ4n) is 11.9. The number of hydrogen-bond acceptors (Lipinski definition) is 3. The van der Waals surface area contributed by atoms with Crippen molar-refractivity contribution < 1.29 is 14.2 Å². The highest BCUT2D eigenvalue weighted by Crippen LogP contribution is 2.69. The van der Waals surface area contributed by atoms with Crippen LogP contribution in [0.4, 0.5) is 0 Å². The van der Waals surface area contributed by atoms with Gasteiger partial charge in [-0.25, -0.2) is 0 Å².